The second-order valence-corrected chi connectivity index (χ2v) is 6.25. The zero-order chi connectivity index (χ0) is 19.2. The lowest BCUT2D eigenvalue weighted by atomic mass is 10.1. The van der Waals surface area contributed by atoms with E-state index in [1.165, 1.54) is 0 Å². The third-order valence-electron chi connectivity index (χ3n) is 4.39. The molecule has 0 N–H and O–H groups in total. The SMILES string of the molecule is COc1cc(CN(Cc2ccco2)Cc2cncn2C)cc(OC)c1OC. The summed E-state index contributed by atoms with van der Waals surface area (Å²) in [7, 11) is 6.84. The normalized spacial score (nSPS) is 11.0. The third-order valence-corrected chi connectivity index (χ3v) is 4.39. The first-order valence-electron chi connectivity index (χ1n) is 8.63. The van der Waals surface area contributed by atoms with Gasteiger partial charge in [-0.05, 0) is 29.8 Å². The first-order chi connectivity index (χ1) is 13.1. The fourth-order valence-electron chi connectivity index (χ4n) is 3.04. The van der Waals surface area contributed by atoms with Crippen molar-refractivity contribution in [2.75, 3.05) is 21.3 Å². The van der Waals surface area contributed by atoms with Crippen molar-refractivity contribution in [3.8, 4) is 17.2 Å². The number of aromatic nitrogens is 2. The van der Waals surface area contributed by atoms with Gasteiger partial charge in [-0.2, -0.15) is 0 Å². The van der Waals surface area contributed by atoms with Gasteiger partial charge >= 0.3 is 0 Å². The molecule has 2 aromatic heterocycles. The fourth-order valence-corrected chi connectivity index (χ4v) is 3.04. The van der Waals surface area contributed by atoms with Gasteiger partial charge in [-0.15, -0.1) is 0 Å². The average Bonchev–Trinajstić information content (AvgIpc) is 3.33. The van der Waals surface area contributed by atoms with E-state index in [1.807, 2.05) is 42.1 Å². The number of nitrogens with zero attached hydrogens (tertiary/aromatic N) is 3. The van der Waals surface area contributed by atoms with E-state index in [2.05, 4.69) is 9.88 Å². The van der Waals surface area contributed by atoms with Crippen molar-refractivity contribution in [2.45, 2.75) is 19.6 Å². The Labute approximate surface area is 159 Å². The van der Waals surface area contributed by atoms with Crippen LogP contribution in [0.3, 0.4) is 0 Å². The minimum Gasteiger partial charge on any atom is -0.493 e. The summed E-state index contributed by atoms with van der Waals surface area (Å²) in [4.78, 5) is 6.49. The van der Waals surface area contributed by atoms with Gasteiger partial charge in [-0.1, -0.05) is 0 Å². The highest BCUT2D eigenvalue weighted by Crippen LogP contribution is 2.38. The van der Waals surface area contributed by atoms with Gasteiger partial charge in [0, 0.05) is 26.3 Å². The lowest BCUT2D eigenvalue weighted by Crippen LogP contribution is -2.23. The Balaban J connectivity index is 1.87. The molecule has 0 radical (unpaired) electrons. The van der Waals surface area contributed by atoms with E-state index in [0.717, 1.165) is 23.6 Å². The number of rotatable bonds is 9. The van der Waals surface area contributed by atoms with Crippen molar-refractivity contribution >= 4 is 0 Å². The average molecular weight is 371 g/mol. The first-order valence-corrected chi connectivity index (χ1v) is 8.63. The van der Waals surface area contributed by atoms with E-state index >= 15 is 0 Å². The molecule has 0 saturated heterocycles. The summed E-state index contributed by atoms with van der Waals surface area (Å²) in [5.41, 5.74) is 2.17. The molecule has 144 valence electrons. The molecule has 2 heterocycles. The van der Waals surface area contributed by atoms with Gasteiger partial charge in [-0.3, -0.25) is 4.90 Å². The minimum absolute atomic E-state index is 0.591. The zero-order valence-electron chi connectivity index (χ0n) is 16.1. The highest BCUT2D eigenvalue weighted by atomic mass is 16.5. The Morgan fingerprint density at radius 2 is 1.78 bits per heavy atom. The van der Waals surface area contributed by atoms with E-state index in [1.54, 1.807) is 33.9 Å². The van der Waals surface area contributed by atoms with Crippen molar-refractivity contribution in [1.82, 2.24) is 14.5 Å². The van der Waals surface area contributed by atoms with Crippen molar-refractivity contribution in [3.05, 3.63) is 60.1 Å². The highest BCUT2D eigenvalue weighted by Gasteiger charge is 2.17. The van der Waals surface area contributed by atoms with Crippen molar-refractivity contribution in [2.24, 2.45) is 7.05 Å². The molecule has 0 fully saturated rings. The summed E-state index contributed by atoms with van der Waals surface area (Å²) < 4.78 is 23.9. The van der Waals surface area contributed by atoms with Crippen LogP contribution in [-0.4, -0.2) is 35.8 Å². The molecule has 0 aliphatic rings. The van der Waals surface area contributed by atoms with Crippen LogP contribution in [0, 0.1) is 0 Å². The van der Waals surface area contributed by atoms with Gasteiger partial charge in [0.25, 0.3) is 0 Å². The number of ether oxygens (including phenoxy) is 3. The lowest BCUT2D eigenvalue weighted by molar-refractivity contribution is 0.221. The van der Waals surface area contributed by atoms with Gasteiger partial charge in [0.15, 0.2) is 11.5 Å². The van der Waals surface area contributed by atoms with Crippen LogP contribution in [0.1, 0.15) is 17.0 Å². The Bertz CT molecular complexity index is 833. The molecule has 0 bridgehead atoms. The summed E-state index contributed by atoms with van der Waals surface area (Å²) >= 11 is 0. The molecule has 0 unspecified atom stereocenters. The number of hydrogen-bond donors (Lipinski definition) is 0. The van der Waals surface area contributed by atoms with Crippen LogP contribution in [0.25, 0.3) is 0 Å². The first kappa shape index (κ1) is 18.8. The van der Waals surface area contributed by atoms with Gasteiger partial charge in [-0.25, -0.2) is 4.98 Å². The maximum Gasteiger partial charge on any atom is 0.203 e. The summed E-state index contributed by atoms with van der Waals surface area (Å²) in [5.74, 6) is 2.79. The molecule has 0 amide bonds. The van der Waals surface area contributed by atoms with Crippen LogP contribution in [-0.2, 0) is 26.7 Å². The number of imidazole rings is 1. The van der Waals surface area contributed by atoms with E-state index < -0.39 is 0 Å². The van der Waals surface area contributed by atoms with Crippen LogP contribution in [0.15, 0.2) is 47.5 Å². The molecule has 0 spiro atoms. The summed E-state index contributed by atoms with van der Waals surface area (Å²) in [5, 5.41) is 0. The van der Waals surface area contributed by atoms with Gasteiger partial charge in [0.2, 0.25) is 5.75 Å². The molecule has 7 heteroatoms. The topological polar surface area (TPSA) is 61.9 Å². The van der Waals surface area contributed by atoms with Crippen LogP contribution in [0.2, 0.25) is 0 Å². The molecule has 0 aliphatic heterocycles. The van der Waals surface area contributed by atoms with Crippen LogP contribution >= 0.6 is 0 Å². The molecule has 0 aliphatic carbocycles. The minimum atomic E-state index is 0.591. The molecule has 7 nitrogen and oxygen atoms in total. The number of aryl methyl sites for hydroxylation is 1. The third kappa shape index (κ3) is 4.43. The fraction of sp³-hybridized carbons (Fsp3) is 0.350. The Hall–Kier alpha value is -2.93. The quantitative estimate of drug-likeness (QED) is 0.575. The van der Waals surface area contributed by atoms with Crippen molar-refractivity contribution in [3.63, 3.8) is 0 Å². The van der Waals surface area contributed by atoms with Crippen molar-refractivity contribution in [1.29, 1.82) is 0 Å². The second kappa shape index (κ2) is 8.64. The van der Waals surface area contributed by atoms with E-state index in [4.69, 9.17) is 18.6 Å². The molecule has 3 aromatic rings. The largest absolute Gasteiger partial charge is 0.493 e. The van der Waals surface area contributed by atoms with E-state index in [9.17, 15) is 0 Å². The van der Waals surface area contributed by atoms with E-state index in [0.29, 0.717) is 30.3 Å². The molecule has 3 rings (SSSR count). The Morgan fingerprint density at radius 1 is 1.04 bits per heavy atom. The number of furan rings is 1. The van der Waals surface area contributed by atoms with Crippen LogP contribution in [0.4, 0.5) is 0 Å². The predicted octanol–water partition coefficient (Wildman–Crippen LogP) is 3.24. The number of hydrogen-bond acceptors (Lipinski definition) is 6. The van der Waals surface area contributed by atoms with E-state index in [-0.39, 0.29) is 0 Å². The highest BCUT2D eigenvalue weighted by molar-refractivity contribution is 5.53. The Morgan fingerprint density at radius 3 is 2.30 bits per heavy atom. The summed E-state index contributed by atoms with van der Waals surface area (Å²) in [6.45, 7) is 2.09. The van der Waals surface area contributed by atoms with Crippen molar-refractivity contribution < 1.29 is 18.6 Å². The van der Waals surface area contributed by atoms with Gasteiger partial charge in [0.05, 0.1) is 46.2 Å². The zero-order valence-corrected chi connectivity index (χ0v) is 16.1. The molecular formula is C20H25N3O4. The predicted molar refractivity (Wildman–Crippen MR) is 101 cm³/mol. The maximum absolute atomic E-state index is 5.54. The summed E-state index contributed by atoms with van der Waals surface area (Å²) in [6, 6.07) is 7.82. The molecule has 0 atom stereocenters. The lowest BCUT2D eigenvalue weighted by Gasteiger charge is -2.22. The van der Waals surface area contributed by atoms with Crippen LogP contribution < -0.4 is 14.2 Å². The summed E-state index contributed by atoms with van der Waals surface area (Å²) in [6.07, 6.45) is 5.38. The smallest absolute Gasteiger partial charge is 0.203 e. The monoisotopic (exact) mass is 371 g/mol. The maximum atomic E-state index is 5.54. The molecule has 27 heavy (non-hydrogen) atoms. The molecule has 0 saturated carbocycles. The van der Waals surface area contributed by atoms with Gasteiger partial charge < -0.3 is 23.2 Å². The second-order valence-electron chi connectivity index (χ2n) is 6.25. The molecule has 1 aromatic carbocycles. The number of methoxy groups -OCH3 is 3. The van der Waals surface area contributed by atoms with Gasteiger partial charge in [0.1, 0.15) is 5.76 Å². The molecular weight excluding hydrogens is 346 g/mol. The Kier molecular flexibility index (Phi) is 6.03. The standard InChI is InChI=1S/C20H25N3O4/c1-22-14-21-10-16(22)12-23(13-17-6-5-7-27-17)11-15-8-18(24-2)20(26-4)19(9-15)25-3/h5-10,14H,11-13H2,1-4H3. The van der Waals surface area contributed by atoms with Crippen LogP contribution in [0.5, 0.6) is 17.2 Å². The number of benzene rings is 1.